The fourth-order valence-electron chi connectivity index (χ4n) is 8.44. The first kappa shape index (κ1) is 29.7. The van der Waals surface area contributed by atoms with E-state index in [0.717, 1.165) is 11.4 Å². The molecule has 0 unspecified atom stereocenters. The maximum Gasteiger partial charge on any atom is 0.0720 e. The van der Waals surface area contributed by atoms with Crippen molar-refractivity contribution >= 4 is 48.6 Å². The Morgan fingerprint density at radius 3 is 1.61 bits per heavy atom. The third-order valence-corrected chi connectivity index (χ3v) is 11.7. The Kier molecular flexibility index (Phi) is 6.97. The molecule has 0 saturated carbocycles. The average molecular weight is 668 g/mol. The van der Waals surface area contributed by atoms with E-state index in [9.17, 15) is 0 Å². The highest BCUT2D eigenvalue weighted by atomic mass is 32.1. The summed E-state index contributed by atoms with van der Waals surface area (Å²) in [4.78, 5) is 2.42. The van der Waals surface area contributed by atoms with Gasteiger partial charge in [0, 0.05) is 26.8 Å². The molecule has 0 aliphatic heterocycles. The predicted molar refractivity (Wildman–Crippen MR) is 217 cm³/mol. The Morgan fingerprint density at radius 2 is 0.922 bits per heavy atom. The van der Waals surface area contributed by atoms with Crippen molar-refractivity contribution in [1.82, 2.24) is 0 Å². The van der Waals surface area contributed by atoms with Crippen LogP contribution in [-0.4, -0.2) is 0 Å². The van der Waals surface area contributed by atoms with Gasteiger partial charge in [0.1, 0.15) is 0 Å². The minimum Gasteiger partial charge on any atom is -0.309 e. The van der Waals surface area contributed by atoms with Crippen molar-refractivity contribution in [2.24, 2.45) is 0 Å². The monoisotopic (exact) mass is 667 g/mol. The van der Waals surface area contributed by atoms with Gasteiger partial charge in [0.05, 0.1) is 15.8 Å². The summed E-state index contributed by atoms with van der Waals surface area (Å²) in [6.45, 7) is 0. The van der Waals surface area contributed by atoms with Crippen LogP contribution in [0.3, 0.4) is 0 Å². The smallest absolute Gasteiger partial charge is 0.0720 e. The summed E-state index contributed by atoms with van der Waals surface area (Å²) < 4.78 is 2.57. The molecule has 1 aliphatic carbocycles. The second-order valence-corrected chi connectivity index (χ2v) is 14.3. The molecule has 0 saturated heterocycles. The molecular weight excluding hydrogens is 635 g/mol. The lowest BCUT2D eigenvalue weighted by Gasteiger charge is -2.34. The normalized spacial score (nSPS) is 12.9. The number of benzene rings is 8. The molecule has 51 heavy (non-hydrogen) atoms. The van der Waals surface area contributed by atoms with Crippen LogP contribution in [0.5, 0.6) is 0 Å². The van der Waals surface area contributed by atoms with Gasteiger partial charge in [-0.3, -0.25) is 0 Å². The largest absolute Gasteiger partial charge is 0.309 e. The van der Waals surface area contributed by atoms with E-state index in [2.05, 4.69) is 205 Å². The standard InChI is InChI=1S/C49H33NS/c1-4-16-34(17-5-1)35-30-32-38(33-31-35)50(37-20-8-3-9-21-37)45-28-14-24-41-47-44(27-15-29-46(47)51-48(41)45)49(36-18-6-2-7-19-36)42-25-12-10-22-39(42)40-23-11-13-26-43(40)49/h1-33H. The molecule has 0 amide bonds. The number of para-hydroxylation sites is 1. The van der Waals surface area contributed by atoms with E-state index in [1.54, 1.807) is 0 Å². The molecule has 1 aromatic heterocycles. The van der Waals surface area contributed by atoms with Crippen molar-refractivity contribution < 1.29 is 0 Å². The van der Waals surface area contributed by atoms with Gasteiger partial charge in [0.15, 0.2) is 0 Å². The third kappa shape index (κ3) is 4.54. The molecule has 0 N–H and O–H groups in total. The molecule has 1 nitrogen and oxygen atoms in total. The summed E-state index contributed by atoms with van der Waals surface area (Å²) in [6, 6.07) is 73.3. The molecule has 240 valence electrons. The highest BCUT2D eigenvalue weighted by molar-refractivity contribution is 7.26. The predicted octanol–water partition coefficient (Wildman–Crippen LogP) is 13.6. The summed E-state index contributed by atoms with van der Waals surface area (Å²) in [5, 5.41) is 2.60. The highest BCUT2D eigenvalue weighted by Crippen LogP contribution is 2.58. The van der Waals surface area contributed by atoms with E-state index in [4.69, 9.17) is 0 Å². The molecule has 10 rings (SSSR count). The lowest BCUT2D eigenvalue weighted by atomic mass is 9.66. The van der Waals surface area contributed by atoms with Gasteiger partial charge in [0.25, 0.3) is 0 Å². The molecule has 2 heteroatoms. The SMILES string of the molecule is c1ccc(-c2ccc(N(c3ccccc3)c3cccc4c3sc3cccc(C5(c6ccccc6)c6ccccc6-c6ccccc65)c34)cc2)cc1. The lowest BCUT2D eigenvalue weighted by Crippen LogP contribution is -2.28. The van der Waals surface area contributed by atoms with E-state index in [1.165, 1.54) is 70.4 Å². The zero-order valence-electron chi connectivity index (χ0n) is 27.9. The number of fused-ring (bicyclic) bond motifs is 6. The zero-order valence-corrected chi connectivity index (χ0v) is 28.7. The van der Waals surface area contributed by atoms with Crippen molar-refractivity contribution in [2.75, 3.05) is 4.90 Å². The summed E-state index contributed by atoms with van der Waals surface area (Å²) in [5.74, 6) is 0. The van der Waals surface area contributed by atoms with Crippen LogP contribution in [0, 0.1) is 0 Å². The van der Waals surface area contributed by atoms with Gasteiger partial charge in [-0.15, -0.1) is 11.3 Å². The van der Waals surface area contributed by atoms with Gasteiger partial charge in [-0.05, 0) is 80.9 Å². The van der Waals surface area contributed by atoms with E-state index in [-0.39, 0.29) is 0 Å². The molecular formula is C49H33NS. The van der Waals surface area contributed by atoms with Crippen LogP contribution in [0.15, 0.2) is 200 Å². The minimum absolute atomic E-state index is 0.468. The number of nitrogens with zero attached hydrogens (tertiary/aromatic N) is 1. The molecule has 1 heterocycles. The van der Waals surface area contributed by atoms with Crippen LogP contribution < -0.4 is 4.90 Å². The Morgan fingerprint density at radius 1 is 0.392 bits per heavy atom. The Labute approximate surface area is 302 Å². The van der Waals surface area contributed by atoms with E-state index in [0.29, 0.717) is 0 Å². The number of hydrogen-bond donors (Lipinski definition) is 0. The highest BCUT2D eigenvalue weighted by Gasteiger charge is 2.47. The maximum atomic E-state index is 2.42. The van der Waals surface area contributed by atoms with Gasteiger partial charge >= 0.3 is 0 Å². The number of rotatable bonds is 6. The quantitative estimate of drug-likeness (QED) is 0.171. The molecule has 0 spiro atoms. The van der Waals surface area contributed by atoms with Crippen LogP contribution in [0.25, 0.3) is 42.4 Å². The van der Waals surface area contributed by atoms with Crippen molar-refractivity contribution in [2.45, 2.75) is 5.41 Å². The maximum absolute atomic E-state index is 2.42. The first-order valence-corrected chi connectivity index (χ1v) is 18.3. The summed E-state index contributed by atoms with van der Waals surface area (Å²) in [5.41, 5.74) is 13.3. The molecule has 0 atom stereocenters. The van der Waals surface area contributed by atoms with Crippen molar-refractivity contribution in [3.05, 3.63) is 222 Å². The summed E-state index contributed by atoms with van der Waals surface area (Å²) in [6.07, 6.45) is 0. The molecule has 0 bridgehead atoms. The van der Waals surface area contributed by atoms with Crippen molar-refractivity contribution in [3.63, 3.8) is 0 Å². The average Bonchev–Trinajstić information content (AvgIpc) is 3.74. The van der Waals surface area contributed by atoms with Gasteiger partial charge in [-0.25, -0.2) is 0 Å². The number of thiophene rings is 1. The molecule has 1 aliphatic rings. The van der Waals surface area contributed by atoms with Crippen LogP contribution >= 0.6 is 11.3 Å². The second-order valence-electron chi connectivity index (χ2n) is 13.2. The Bertz CT molecular complexity index is 2630. The molecule has 9 aromatic rings. The van der Waals surface area contributed by atoms with Gasteiger partial charge in [-0.1, -0.05) is 164 Å². The van der Waals surface area contributed by atoms with Crippen molar-refractivity contribution in [1.29, 1.82) is 0 Å². The van der Waals surface area contributed by atoms with Crippen LogP contribution in [0.2, 0.25) is 0 Å². The van der Waals surface area contributed by atoms with Crippen molar-refractivity contribution in [3.8, 4) is 22.3 Å². The lowest BCUT2D eigenvalue weighted by molar-refractivity contribution is 0.777. The number of hydrogen-bond acceptors (Lipinski definition) is 2. The van der Waals surface area contributed by atoms with Gasteiger partial charge < -0.3 is 4.90 Å². The van der Waals surface area contributed by atoms with E-state index < -0.39 is 5.41 Å². The Hall–Kier alpha value is -6.22. The molecule has 0 fully saturated rings. The van der Waals surface area contributed by atoms with Gasteiger partial charge in [-0.2, -0.15) is 0 Å². The third-order valence-electron chi connectivity index (χ3n) is 10.6. The Balaban J connectivity index is 1.24. The fraction of sp³-hybridized carbons (Fsp3) is 0.0204. The topological polar surface area (TPSA) is 3.24 Å². The number of anilines is 3. The fourth-order valence-corrected chi connectivity index (χ4v) is 9.67. The van der Waals surface area contributed by atoms with Crippen LogP contribution in [-0.2, 0) is 5.41 Å². The van der Waals surface area contributed by atoms with Crippen LogP contribution in [0.4, 0.5) is 17.1 Å². The molecule has 8 aromatic carbocycles. The van der Waals surface area contributed by atoms with E-state index >= 15 is 0 Å². The first-order valence-electron chi connectivity index (χ1n) is 17.5. The second kappa shape index (κ2) is 12.0. The summed E-state index contributed by atoms with van der Waals surface area (Å²) in [7, 11) is 0. The first-order chi connectivity index (χ1) is 25.3. The minimum atomic E-state index is -0.468. The molecule has 0 radical (unpaired) electrons. The summed E-state index contributed by atoms with van der Waals surface area (Å²) >= 11 is 1.89. The van der Waals surface area contributed by atoms with Gasteiger partial charge in [0.2, 0.25) is 0 Å². The van der Waals surface area contributed by atoms with Crippen LogP contribution in [0.1, 0.15) is 22.3 Å². The van der Waals surface area contributed by atoms with E-state index in [1.807, 2.05) is 11.3 Å². The zero-order chi connectivity index (χ0) is 33.8.